The molecule has 3 atom stereocenters. The van der Waals surface area contributed by atoms with E-state index in [2.05, 4.69) is 9.97 Å². The third kappa shape index (κ3) is 2.86. The summed E-state index contributed by atoms with van der Waals surface area (Å²) in [7, 11) is 0. The Labute approximate surface area is 144 Å². The number of benzene rings is 1. The highest BCUT2D eigenvalue weighted by molar-refractivity contribution is 5.76. The van der Waals surface area contributed by atoms with Crippen LogP contribution in [-0.4, -0.2) is 26.7 Å². The lowest BCUT2D eigenvalue weighted by atomic mass is 10.1. The number of hydrogen-bond donors (Lipinski definition) is 3. The lowest BCUT2D eigenvalue weighted by Crippen LogP contribution is -2.26. The molecule has 1 unspecified atom stereocenters. The predicted octanol–water partition coefficient (Wildman–Crippen LogP) is 1.35. The number of nitrogens with one attached hydrogen (secondary N) is 1. The van der Waals surface area contributed by atoms with Gasteiger partial charge in [-0.1, -0.05) is 12.1 Å². The van der Waals surface area contributed by atoms with E-state index in [4.69, 9.17) is 16.2 Å². The van der Waals surface area contributed by atoms with Gasteiger partial charge in [0, 0.05) is 29.9 Å². The molecule has 4 rings (SSSR count). The van der Waals surface area contributed by atoms with Crippen molar-refractivity contribution in [2.24, 2.45) is 11.5 Å². The van der Waals surface area contributed by atoms with E-state index in [1.165, 1.54) is 4.57 Å². The highest BCUT2D eigenvalue weighted by atomic mass is 16.5. The molecular weight excluding hydrogens is 318 g/mol. The first-order valence-corrected chi connectivity index (χ1v) is 8.38. The molecule has 0 radical (unpaired) electrons. The topological polar surface area (TPSA) is 112 Å². The monoisotopic (exact) mass is 339 g/mol. The van der Waals surface area contributed by atoms with Gasteiger partial charge in [0.25, 0.3) is 0 Å². The zero-order valence-electron chi connectivity index (χ0n) is 14.0. The van der Waals surface area contributed by atoms with Crippen LogP contribution < -0.4 is 17.2 Å². The molecule has 7 heteroatoms. The first-order chi connectivity index (χ1) is 12.0. The van der Waals surface area contributed by atoms with Gasteiger partial charge < -0.3 is 21.2 Å². The van der Waals surface area contributed by atoms with Crippen LogP contribution in [0, 0.1) is 0 Å². The number of nitrogens with two attached hydrogens (primary N) is 2. The zero-order valence-corrected chi connectivity index (χ0v) is 14.0. The fraction of sp³-hybridized carbons (Fsp3) is 0.333. The number of aromatic nitrogens is 3. The Morgan fingerprint density at radius 3 is 2.76 bits per heavy atom. The second-order valence-corrected chi connectivity index (χ2v) is 6.52. The molecule has 0 saturated carbocycles. The van der Waals surface area contributed by atoms with E-state index in [1.54, 1.807) is 6.20 Å². The molecule has 0 bridgehead atoms. The van der Waals surface area contributed by atoms with Crippen molar-refractivity contribution in [3.05, 3.63) is 58.3 Å². The number of hydrogen-bond acceptors (Lipinski definition) is 5. The Hall–Kier alpha value is -2.48. The van der Waals surface area contributed by atoms with Crippen molar-refractivity contribution in [3.63, 3.8) is 0 Å². The van der Waals surface area contributed by atoms with Gasteiger partial charge in [-0.05, 0) is 37.1 Å². The largest absolute Gasteiger partial charge is 0.367 e. The molecule has 2 aromatic heterocycles. The maximum absolute atomic E-state index is 12.4. The smallest absolute Gasteiger partial charge is 0.354 e. The van der Waals surface area contributed by atoms with Gasteiger partial charge in [-0.25, -0.2) is 4.79 Å². The Bertz CT molecular complexity index is 950. The van der Waals surface area contributed by atoms with Crippen LogP contribution in [0.5, 0.6) is 0 Å². The van der Waals surface area contributed by atoms with Crippen molar-refractivity contribution in [1.82, 2.24) is 14.5 Å². The van der Waals surface area contributed by atoms with Gasteiger partial charge in [-0.3, -0.25) is 4.57 Å². The van der Waals surface area contributed by atoms with E-state index in [0.717, 1.165) is 28.8 Å². The van der Waals surface area contributed by atoms with Crippen LogP contribution in [0.2, 0.25) is 0 Å². The van der Waals surface area contributed by atoms with Gasteiger partial charge in [0.05, 0.1) is 17.9 Å². The minimum absolute atomic E-state index is 0.0189. The zero-order chi connectivity index (χ0) is 17.6. The first-order valence-electron chi connectivity index (χ1n) is 8.38. The average molecular weight is 339 g/mol. The second kappa shape index (κ2) is 6.11. The molecule has 7 nitrogen and oxygen atoms in total. The molecule has 1 aliphatic rings. The molecule has 5 N–H and O–H groups in total. The minimum Gasteiger partial charge on any atom is -0.367 e. The summed E-state index contributed by atoms with van der Waals surface area (Å²) in [5, 5.41) is 0.856. The van der Waals surface area contributed by atoms with E-state index in [1.807, 2.05) is 37.3 Å². The Morgan fingerprint density at radius 1 is 1.36 bits per heavy atom. The molecule has 130 valence electrons. The third-order valence-electron chi connectivity index (χ3n) is 4.79. The van der Waals surface area contributed by atoms with Crippen molar-refractivity contribution in [3.8, 4) is 5.69 Å². The molecule has 1 fully saturated rings. The maximum atomic E-state index is 12.4. The number of rotatable bonds is 3. The lowest BCUT2D eigenvalue weighted by Gasteiger charge is -2.08. The van der Waals surface area contributed by atoms with E-state index < -0.39 is 0 Å². The summed E-state index contributed by atoms with van der Waals surface area (Å²) in [6.07, 6.45) is 2.47. The van der Waals surface area contributed by atoms with Crippen LogP contribution in [-0.2, 0) is 11.3 Å². The van der Waals surface area contributed by atoms with E-state index in [9.17, 15) is 4.79 Å². The van der Waals surface area contributed by atoms with Crippen molar-refractivity contribution >= 4 is 11.0 Å². The van der Waals surface area contributed by atoms with Crippen molar-refractivity contribution in [2.75, 3.05) is 0 Å². The fourth-order valence-electron chi connectivity index (χ4n) is 3.22. The predicted molar refractivity (Wildman–Crippen MR) is 95.5 cm³/mol. The SMILES string of the molecule is C[C@H]1OC(c2cc3cn(-c4ccc(CN)cc4)c(=O)nc3[nH]2)C[C@H]1N. The molecular formula is C18H21N5O2. The third-order valence-corrected chi connectivity index (χ3v) is 4.79. The Morgan fingerprint density at radius 2 is 2.12 bits per heavy atom. The van der Waals surface area contributed by atoms with Crippen LogP contribution in [0.25, 0.3) is 16.7 Å². The highest BCUT2D eigenvalue weighted by Gasteiger charge is 2.31. The summed E-state index contributed by atoms with van der Waals surface area (Å²) in [6, 6.07) is 9.54. The number of fused-ring (bicyclic) bond motifs is 1. The summed E-state index contributed by atoms with van der Waals surface area (Å²) >= 11 is 0. The van der Waals surface area contributed by atoms with Crippen molar-refractivity contribution in [2.45, 2.75) is 38.1 Å². The lowest BCUT2D eigenvalue weighted by molar-refractivity contribution is 0.0503. The van der Waals surface area contributed by atoms with Gasteiger partial charge in [-0.15, -0.1) is 0 Å². The average Bonchev–Trinajstić information content (AvgIpc) is 3.17. The molecule has 1 aromatic carbocycles. The summed E-state index contributed by atoms with van der Waals surface area (Å²) in [4.78, 5) is 19.7. The summed E-state index contributed by atoms with van der Waals surface area (Å²) < 4.78 is 7.41. The van der Waals surface area contributed by atoms with Gasteiger partial charge in [0.2, 0.25) is 0 Å². The number of ether oxygens (including phenoxy) is 1. The number of H-pyrrole nitrogens is 1. The normalized spacial score (nSPS) is 23.4. The quantitative estimate of drug-likeness (QED) is 0.667. The Kier molecular flexibility index (Phi) is 3.91. The molecule has 3 heterocycles. The molecule has 3 aromatic rings. The van der Waals surface area contributed by atoms with Crippen molar-refractivity contribution in [1.29, 1.82) is 0 Å². The summed E-state index contributed by atoms with van der Waals surface area (Å²) in [5.74, 6) is 0. The molecule has 1 aliphatic heterocycles. The van der Waals surface area contributed by atoms with Crippen molar-refractivity contribution < 1.29 is 4.74 Å². The van der Waals surface area contributed by atoms with E-state index in [-0.39, 0.29) is 23.9 Å². The van der Waals surface area contributed by atoms with Crippen LogP contribution in [0.1, 0.15) is 30.7 Å². The van der Waals surface area contributed by atoms with Gasteiger partial charge in [-0.2, -0.15) is 4.98 Å². The number of nitrogens with zero attached hydrogens (tertiary/aromatic N) is 2. The van der Waals surface area contributed by atoms with Gasteiger partial charge >= 0.3 is 5.69 Å². The van der Waals surface area contributed by atoms with Gasteiger partial charge in [0.1, 0.15) is 5.65 Å². The molecule has 0 aliphatic carbocycles. The van der Waals surface area contributed by atoms with E-state index >= 15 is 0 Å². The summed E-state index contributed by atoms with van der Waals surface area (Å²) in [5.41, 5.74) is 14.5. The standard InChI is InChI=1S/C18H21N5O2/c1-10-14(20)7-16(25-10)15-6-12-9-23(18(24)22-17(12)21-15)13-4-2-11(8-19)3-5-13/h2-6,9-10,14,16H,7-8,19-20H2,1H3,(H,21,22,24)/t10-,14-,16?/m1/s1. The van der Waals surface area contributed by atoms with Crippen LogP contribution >= 0.6 is 0 Å². The molecule has 0 spiro atoms. The fourth-order valence-corrected chi connectivity index (χ4v) is 3.22. The van der Waals surface area contributed by atoms with Crippen LogP contribution in [0.3, 0.4) is 0 Å². The second-order valence-electron chi connectivity index (χ2n) is 6.52. The summed E-state index contributed by atoms with van der Waals surface area (Å²) in [6.45, 7) is 2.44. The highest BCUT2D eigenvalue weighted by Crippen LogP contribution is 2.32. The number of aromatic amines is 1. The maximum Gasteiger partial charge on any atom is 0.354 e. The Balaban J connectivity index is 1.72. The minimum atomic E-state index is -0.334. The van der Waals surface area contributed by atoms with E-state index in [0.29, 0.717) is 12.2 Å². The van der Waals surface area contributed by atoms with Crippen LogP contribution in [0.4, 0.5) is 0 Å². The molecule has 1 saturated heterocycles. The molecule has 0 amide bonds. The molecule has 25 heavy (non-hydrogen) atoms. The first kappa shape index (κ1) is 16.0. The van der Waals surface area contributed by atoms with Gasteiger partial charge in [0.15, 0.2) is 0 Å². The van der Waals surface area contributed by atoms with Crippen LogP contribution in [0.15, 0.2) is 41.3 Å².